The number of alkyl halides is 1. The zero-order valence-electron chi connectivity index (χ0n) is 18.2. The number of halogens is 1. The van der Waals surface area contributed by atoms with Crippen molar-refractivity contribution < 1.29 is 18.8 Å². The molecule has 3 rings (SSSR count). The van der Waals surface area contributed by atoms with Gasteiger partial charge in [0.1, 0.15) is 12.4 Å². The van der Waals surface area contributed by atoms with Crippen LogP contribution in [0.4, 0.5) is 10.2 Å². The summed E-state index contributed by atoms with van der Waals surface area (Å²) in [6, 6.07) is 3.23. The topological polar surface area (TPSA) is 88.8 Å². The van der Waals surface area contributed by atoms with Gasteiger partial charge in [-0.15, -0.1) is 6.58 Å². The smallest absolute Gasteiger partial charge is 0.406 e. The monoisotopic (exact) mass is 432 g/mol. The van der Waals surface area contributed by atoms with Crippen molar-refractivity contribution in [3.63, 3.8) is 0 Å². The Morgan fingerprint density at radius 2 is 2.19 bits per heavy atom. The molecule has 1 atom stereocenters. The van der Waals surface area contributed by atoms with Gasteiger partial charge in [0.2, 0.25) is 5.75 Å². The summed E-state index contributed by atoms with van der Waals surface area (Å²) in [7, 11) is 0. The van der Waals surface area contributed by atoms with E-state index >= 15 is 0 Å². The van der Waals surface area contributed by atoms with E-state index in [9.17, 15) is 19.3 Å². The molecular formula is C22H29FN4O4. The maximum Gasteiger partial charge on any atom is 0.406 e. The van der Waals surface area contributed by atoms with Crippen molar-refractivity contribution >= 4 is 11.7 Å². The number of rotatable bonds is 7. The molecule has 0 saturated carbocycles. The van der Waals surface area contributed by atoms with E-state index in [0.717, 1.165) is 19.5 Å². The van der Waals surface area contributed by atoms with E-state index in [0.29, 0.717) is 12.2 Å². The standard InChI is InChI=1S/C19H24N4O4.C3H5F/c1-4-13(2)10-21-11-16-9-15(21)7-8-22(16)18(24)12-27-17-6-5-14(3)20-19(17)23(25)26;1-2-3-4/h4-7,16H,8-12H2,1-3H3;2H,1,3H2/b13-4+;. The lowest BCUT2D eigenvalue weighted by Gasteiger charge is -2.28. The molecule has 1 aromatic heterocycles. The second-order valence-corrected chi connectivity index (χ2v) is 7.38. The van der Waals surface area contributed by atoms with Crippen molar-refractivity contribution in [2.45, 2.75) is 33.2 Å². The third-order valence-corrected chi connectivity index (χ3v) is 5.11. The number of pyridine rings is 1. The lowest BCUT2D eigenvalue weighted by molar-refractivity contribution is -0.390. The molecule has 1 saturated heterocycles. The van der Waals surface area contributed by atoms with Crippen molar-refractivity contribution in [2.75, 3.05) is 32.9 Å². The van der Waals surface area contributed by atoms with Crippen LogP contribution in [-0.4, -0.2) is 64.6 Å². The van der Waals surface area contributed by atoms with Gasteiger partial charge < -0.3 is 24.7 Å². The lowest BCUT2D eigenvalue weighted by Crippen LogP contribution is -2.44. The number of aromatic nitrogens is 1. The van der Waals surface area contributed by atoms with E-state index < -0.39 is 11.6 Å². The lowest BCUT2D eigenvalue weighted by atomic mass is 10.1. The number of fused-ring (bicyclic) bond motifs is 2. The van der Waals surface area contributed by atoms with Gasteiger partial charge >= 0.3 is 5.82 Å². The second-order valence-electron chi connectivity index (χ2n) is 7.38. The number of amides is 1. The number of nitro groups is 1. The van der Waals surface area contributed by atoms with Gasteiger partial charge in [-0.2, -0.15) is 0 Å². The van der Waals surface area contributed by atoms with Crippen LogP contribution in [-0.2, 0) is 4.79 Å². The van der Waals surface area contributed by atoms with Crippen LogP contribution < -0.4 is 4.74 Å². The second kappa shape index (κ2) is 11.2. The summed E-state index contributed by atoms with van der Waals surface area (Å²) in [6.45, 7) is 10.5. The number of carbonyl (C=O) groups excluding carboxylic acids is 1. The van der Waals surface area contributed by atoms with Gasteiger partial charge in [-0.1, -0.05) is 17.7 Å². The fourth-order valence-electron chi connectivity index (χ4n) is 3.44. The zero-order chi connectivity index (χ0) is 23.0. The van der Waals surface area contributed by atoms with Crippen LogP contribution in [0.25, 0.3) is 0 Å². The molecule has 2 bridgehead atoms. The van der Waals surface area contributed by atoms with Crippen molar-refractivity contribution in [3.05, 3.63) is 64.0 Å². The van der Waals surface area contributed by atoms with Gasteiger partial charge in [0.15, 0.2) is 6.61 Å². The SMILES string of the molecule is C/C=C(\C)CN1CC2CC1=CCN2C(=O)COc1ccc(C)nc1[N+](=O)[O-].C=CCF. The first kappa shape index (κ1) is 24.0. The molecule has 0 radical (unpaired) electrons. The fraction of sp³-hybridized carbons (Fsp3) is 0.455. The Balaban J connectivity index is 0.000000785. The first-order valence-electron chi connectivity index (χ1n) is 10.1. The van der Waals surface area contributed by atoms with Crippen molar-refractivity contribution in [1.82, 2.24) is 14.8 Å². The van der Waals surface area contributed by atoms with Crippen LogP contribution in [0, 0.1) is 17.0 Å². The Morgan fingerprint density at radius 1 is 1.48 bits per heavy atom. The number of ether oxygens (including phenoxy) is 1. The quantitative estimate of drug-likeness (QED) is 0.372. The average molecular weight is 432 g/mol. The highest BCUT2D eigenvalue weighted by Gasteiger charge is 2.36. The van der Waals surface area contributed by atoms with Crippen LogP contribution >= 0.6 is 0 Å². The summed E-state index contributed by atoms with van der Waals surface area (Å²) >= 11 is 0. The molecule has 0 N–H and O–H groups in total. The van der Waals surface area contributed by atoms with E-state index in [2.05, 4.69) is 35.5 Å². The fourth-order valence-corrected chi connectivity index (χ4v) is 3.44. The van der Waals surface area contributed by atoms with E-state index in [4.69, 9.17) is 4.74 Å². The predicted octanol–water partition coefficient (Wildman–Crippen LogP) is 3.59. The molecule has 9 heteroatoms. The molecule has 1 amide bonds. The van der Waals surface area contributed by atoms with Crippen LogP contribution in [0.5, 0.6) is 5.75 Å². The largest absolute Gasteiger partial charge is 0.476 e. The summed E-state index contributed by atoms with van der Waals surface area (Å²) < 4.78 is 16.0. The molecule has 0 spiro atoms. The highest BCUT2D eigenvalue weighted by molar-refractivity contribution is 5.79. The molecule has 2 aliphatic heterocycles. The predicted molar refractivity (Wildman–Crippen MR) is 117 cm³/mol. The van der Waals surface area contributed by atoms with Crippen molar-refractivity contribution in [1.29, 1.82) is 0 Å². The summed E-state index contributed by atoms with van der Waals surface area (Å²) in [5.74, 6) is -0.517. The van der Waals surface area contributed by atoms with Gasteiger partial charge in [-0.25, -0.2) is 4.39 Å². The van der Waals surface area contributed by atoms with Gasteiger partial charge in [0.25, 0.3) is 5.91 Å². The van der Waals surface area contributed by atoms with Crippen molar-refractivity contribution in [2.24, 2.45) is 0 Å². The normalized spacial score (nSPS) is 17.5. The minimum Gasteiger partial charge on any atom is -0.476 e. The Labute approximate surface area is 181 Å². The van der Waals surface area contributed by atoms with Gasteiger partial charge in [-0.3, -0.25) is 4.79 Å². The molecule has 0 aromatic carbocycles. The van der Waals surface area contributed by atoms with E-state index in [-0.39, 0.29) is 30.1 Å². The Morgan fingerprint density at radius 3 is 2.81 bits per heavy atom. The number of nitrogens with zero attached hydrogens (tertiary/aromatic N) is 4. The van der Waals surface area contributed by atoms with E-state index in [1.807, 2.05) is 6.92 Å². The average Bonchev–Trinajstić information content (AvgIpc) is 3.07. The maximum atomic E-state index is 12.6. The third kappa shape index (κ3) is 6.37. The summed E-state index contributed by atoms with van der Waals surface area (Å²) in [5.41, 5.74) is 3.10. The first-order chi connectivity index (χ1) is 14.8. The highest BCUT2D eigenvalue weighted by Crippen LogP contribution is 2.30. The molecule has 2 aliphatic rings. The number of aryl methyl sites for hydroxylation is 1. The third-order valence-electron chi connectivity index (χ3n) is 5.11. The molecule has 8 nitrogen and oxygen atoms in total. The van der Waals surface area contributed by atoms with Gasteiger partial charge in [-0.05, 0) is 42.0 Å². The van der Waals surface area contributed by atoms with Crippen LogP contribution in [0.15, 0.2) is 48.2 Å². The summed E-state index contributed by atoms with van der Waals surface area (Å²) in [4.78, 5) is 31.1. The number of likely N-dealkylation sites (tertiary alicyclic amines) is 1. The Kier molecular flexibility index (Phi) is 8.72. The van der Waals surface area contributed by atoms with Crippen molar-refractivity contribution in [3.8, 4) is 5.75 Å². The molecule has 1 fully saturated rings. The van der Waals surface area contributed by atoms with Crippen LogP contribution in [0.2, 0.25) is 0 Å². The Bertz CT molecular complexity index is 884. The molecule has 1 aromatic rings. The Hall–Kier alpha value is -3.23. The number of hydrogen-bond acceptors (Lipinski definition) is 6. The van der Waals surface area contributed by atoms with Gasteiger partial charge in [0, 0.05) is 38.7 Å². The van der Waals surface area contributed by atoms with E-state index in [1.54, 1.807) is 17.9 Å². The molecular weight excluding hydrogens is 403 g/mol. The van der Waals surface area contributed by atoms with Gasteiger partial charge in [0.05, 0.1) is 6.04 Å². The zero-order valence-corrected chi connectivity index (χ0v) is 18.2. The minimum absolute atomic E-state index is 0.0175. The molecule has 168 valence electrons. The highest BCUT2D eigenvalue weighted by atomic mass is 19.1. The molecule has 1 unspecified atom stereocenters. The minimum atomic E-state index is -0.596. The molecule has 3 heterocycles. The molecule has 31 heavy (non-hydrogen) atoms. The summed E-state index contributed by atoms with van der Waals surface area (Å²) in [5, 5.41) is 11.1. The van der Waals surface area contributed by atoms with E-state index in [1.165, 1.54) is 23.4 Å². The van der Waals surface area contributed by atoms with Crippen LogP contribution in [0.1, 0.15) is 26.0 Å². The number of hydrogen-bond donors (Lipinski definition) is 0. The molecule has 0 aliphatic carbocycles. The number of carbonyl (C=O) groups is 1. The van der Waals surface area contributed by atoms with Crippen LogP contribution in [0.3, 0.4) is 0 Å². The summed E-state index contributed by atoms with van der Waals surface area (Å²) in [6.07, 6.45) is 6.23. The first-order valence-corrected chi connectivity index (χ1v) is 10.1. The number of allylic oxidation sites excluding steroid dienone is 2. The maximum absolute atomic E-state index is 12.6.